The quantitative estimate of drug-likeness (QED) is 0.560. The molecule has 3 nitrogen and oxygen atoms in total. The van der Waals surface area contributed by atoms with E-state index in [1.54, 1.807) is 0 Å². The fourth-order valence-electron chi connectivity index (χ4n) is 2.47. The lowest BCUT2D eigenvalue weighted by Gasteiger charge is -2.17. The molecule has 0 amide bonds. The van der Waals surface area contributed by atoms with Gasteiger partial charge < -0.3 is 9.47 Å². The molecule has 1 unspecified atom stereocenters. The number of halogens is 1. The summed E-state index contributed by atoms with van der Waals surface area (Å²) in [5, 5.41) is 0. The maximum absolute atomic E-state index is 12.4. The smallest absolute Gasteiger partial charge is 0.193 e. The van der Waals surface area contributed by atoms with E-state index in [9.17, 15) is 4.79 Å². The topological polar surface area (TPSA) is 35.5 Å². The molecule has 0 N–H and O–H groups in total. The van der Waals surface area contributed by atoms with Crippen LogP contribution in [0, 0.1) is 3.57 Å². The normalized spacial score (nSPS) is 20.0. The summed E-state index contributed by atoms with van der Waals surface area (Å²) in [4.78, 5) is 12.4. The highest BCUT2D eigenvalue weighted by Gasteiger charge is 2.33. The van der Waals surface area contributed by atoms with Crippen LogP contribution in [-0.2, 0) is 9.47 Å². The predicted molar refractivity (Wildman–Crippen MR) is 92.9 cm³/mol. The van der Waals surface area contributed by atoms with Crippen LogP contribution in [0.15, 0.2) is 48.5 Å². The summed E-state index contributed by atoms with van der Waals surface area (Å²) < 4.78 is 12.5. The van der Waals surface area contributed by atoms with Crippen LogP contribution in [0.5, 0.6) is 0 Å². The van der Waals surface area contributed by atoms with Crippen LogP contribution in [0.25, 0.3) is 0 Å². The Kier molecular flexibility index (Phi) is 4.34. The van der Waals surface area contributed by atoms with E-state index in [0.717, 1.165) is 9.13 Å². The zero-order valence-electron chi connectivity index (χ0n) is 12.5. The number of ether oxygens (including phenoxy) is 2. The molecule has 1 atom stereocenters. The Balaban J connectivity index is 1.77. The summed E-state index contributed by atoms with van der Waals surface area (Å²) in [6.07, 6.45) is -0.0718. The van der Waals surface area contributed by atoms with Crippen molar-refractivity contribution in [3.8, 4) is 0 Å². The summed E-state index contributed by atoms with van der Waals surface area (Å²) in [6, 6.07) is 15.2. The first-order chi connectivity index (χ1) is 10.4. The molecule has 1 heterocycles. The van der Waals surface area contributed by atoms with E-state index in [1.807, 2.05) is 62.4 Å². The maximum Gasteiger partial charge on any atom is 0.193 e. The van der Waals surface area contributed by atoms with Crippen LogP contribution in [0.1, 0.15) is 41.4 Å². The monoisotopic (exact) mass is 408 g/mol. The zero-order chi connectivity index (χ0) is 15.7. The van der Waals surface area contributed by atoms with Crippen LogP contribution >= 0.6 is 22.6 Å². The molecule has 22 heavy (non-hydrogen) atoms. The third-order valence-corrected chi connectivity index (χ3v) is 4.38. The molecule has 0 aromatic heterocycles. The highest BCUT2D eigenvalue weighted by atomic mass is 127. The first-order valence-corrected chi connectivity index (χ1v) is 8.24. The molecule has 0 aliphatic carbocycles. The molecule has 1 saturated heterocycles. The molecule has 0 radical (unpaired) electrons. The fourth-order valence-corrected chi connectivity index (χ4v) is 2.83. The molecule has 114 valence electrons. The average Bonchev–Trinajstić information content (AvgIpc) is 2.88. The fraction of sp³-hybridized carbons (Fsp3) is 0.278. The van der Waals surface area contributed by atoms with Crippen molar-refractivity contribution in [2.75, 3.05) is 6.61 Å². The third kappa shape index (κ3) is 3.39. The van der Waals surface area contributed by atoms with Gasteiger partial charge in [0.15, 0.2) is 11.6 Å². The van der Waals surface area contributed by atoms with E-state index in [0.29, 0.717) is 17.7 Å². The Hall–Kier alpha value is -1.24. The van der Waals surface area contributed by atoms with Gasteiger partial charge in [-0.2, -0.15) is 0 Å². The van der Waals surface area contributed by atoms with Gasteiger partial charge in [-0.1, -0.05) is 24.3 Å². The summed E-state index contributed by atoms with van der Waals surface area (Å²) in [7, 11) is 0. The number of benzene rings is 2. The molecule has 0 spiro atoms. The van der Waals surface area contributed by atoms with Crippen molar-refractivity contribution in [1.82, 2.24) is 0 Å². The largest absolute Gasteiger partial charge is 0.347 e. The number of rotatable bonds is 3. The Labute approximate surface area is 143 Å². The van der Waals surface area contributed by atoms with Crippen molar-refractivity contribution in [2.45, 2.75) is 25.7 Å². The summed E-state index contributed by atoms with van der Waals surface area (Å²) in [5.74, 6) is -0.507. The number of ketones is 1. The Bertz CT molecular complexity index is 674. The van der Waals surface area contributed by atoms with Crippen molar-refractivity contribution in [3.05, 3.63) is 68.8 Å². The highest BCUT2D eigenvalue weighted by molar-refractivity contribution is 14.1. The summed E-state index contributed by atoms with van der Waals surface area (Å²) in [6.45, 7) is 4.35. The van der Waals surface area contributed by atoms with Gasteiger partial charge in [0.1, 0.15) is 6.10 Å². The van der Waals surface area contributed by atoms with Crippen LogP contribution in [0.2, 0.25) is 0 Å². The molecule has 4 heteroatoms. The summed E-state index contributed by atoms with van der Waals surface area (Å²) >= 11 is 2.23. The lowest BCUT2D eigenvalue weighted by molar-refractivity contribution is -0.139. The standard InChI is InChI=1S/C18H17IO3/c1-18(2)21-11-16(22-18)12-3-5-13(6-4-12)17(20)14-7-9-15(19)10-8-14/h3-10,16H,11H2,1-2H3. The number of carbonyl (C=O) groups is 1. The van der Waals surface area contributed by atoms with Gasteiger partial charge in [-0.15, -0.1) is 0 Å². The number of hydrogen-bond donors (Lipinski definition) is 0. The molecule has 2 aromatic rings. The molecular weight excluding hydrogens is 391 g/mol. The van der Waals surface area contributed by atoms with E-state index >= 15 is 0 Å². The van der Waals surface area contributed by atoms with Crippen molar-refractivity contribution in [1.29, 1.82) is 0 Å². The van der Waals surface area contributed by atoms with E-state index in [4.69, 9.17) is 9.47 Å². The van der Waals surface area contributed by atoms with Crippen molar-refractivity contribution in [2.24, 2.45) is 0 Å². The van der Waals surface area contributed by atoms with Gasteiger partial charge in [0.2, 0.25) is 0 Å². The molecule has 1 fully saturated rings. The van der Waals surface area contributed by atoms with Gasteiger partial charge in [0.05, 0.1) is 6.61 Å². The lowest BCUT2D eigenvalue weighted by atomic mass is 10.0. The Morgan fingerprint density at radius 2 is 1.59 bits per heavy atom. The van der Waals surface area contributed by atoms with E-state index in [2.05, 4.69) is 22.6 Å². The minimum absolute atomic E-state index is 0.0341. The second-order valence-electron chi connectivity index (χ2n) is 5.78. The van der Waals surface area contributed by atoms with Gasteiger partial charge >= 0.3 is 0 Å². The lowest BCUT2D eigenvalue weighted by Crippen LogP contribution is -2.19. The molecule has 0 bridgehead atoms. The van der Waals surface area contributed by atoms with Gasteiger partial charge in [-0.05, 0) is 66.3 Å². The first kappa shape index (κ1) is 15.6. The Morgan fingerprint density at radius 1 is 1.05 bits per heavy atom. The minimum Gasteiger partial charge on any atom is -0.347 e. The molecule has 1 aliphatic heterocycles. The third-order valence-electron chi connectivity index (χ3n) is 3.66. The second-order valence-corrected chi connectivity index (χ2v) is 7.02. The molecular formula is C18H17IO3. The van der Waals surface area contributed by atoms with Gasteiger partial charge in [-0.3, -0.25) is 4.79 Å². The van der Waals surface area contributed by atoms with E-state index < -0.39 is 5.79 Å². The van der Waals surface area contributed by atoms with E-state index in [-0.39, 0.29) is 11.9 Å². The van der Waals surface area contributed by atoms with Gasteiger partial charge in [0, 0.05) is 14.7 Å². The van der Waals surface area contributed by atoms with Crippen molar-refractivity contribution < 1.29 is 14.3 Å². The Morgan fingerprint density at radius 3 is 2.09 bits per heavy atom. The molecule has 0 saturated carbocycles. The number of hydrogen-bond acceptors (Lipinski definition) is 3. The maximum atomic E-state index is 12.4. The van der Waals surface area contributed by atoms with Gasteiger partial charge in [0.25, 0.3) is 0 Å². The minimum atomic E-state index is -0.541. The van der Waals surface area contributed by atoms with Crippen LogP contribution in [0.3, 0.4) is 0 Å². The predicted octanol–water partition coefficient (Wildman–Crippen LogP) is 4.35. The molecule has 3 rings (SSSR count). The average molecular weight is 408 g/mol. The molecule has 2 aromatic carbocycles. The van der Waals surface area contributed by atoms with E-state index in [1.165, 1.54) is 0 Å². The van der Waals surface area contributed by atoms with Crippen molar-refractivity contribution in [3.63, 3.8) is 0 Å². The summed E-state index contributed by atoms with van der Waals surface area (Å²) in [5.41, 5.74) is 2.42. The zero-order valence-corrected chi connectivity index (χ0v) is 14.7. The molecule has 1 aliphatic rings. The number of carbonyl (C=O) groups excluding carboxylic acids is 1. The highest BCUT2D eigenvalue weighted by Crippen LogP contribution is 2.32. The van der Waals surface area contributed by atoms with Crippen LogP contribution in [-0.4, -0.2) is 18.2 Å². The first-order valence-electron chi connectivity index (χ1n) is 7.17. The van der Waals surface area contributed by atoms with Crippen LogP contribution in [0.4, 0.5) is 0 Å². The second kappa shape index (κ2) is 6.10. The van der Waals surface area contributed by atoms with Gasteiger partial charge in [-0.25, -0.2) is 0 Å². The van der Waals surface area contributed by atoms with Crippen LogP contribution < -0.4 is 0 Å². The van der Waals surface area contributed by atoms with Crippen molar-refractivity contribution >= 4 is 28.4 Å². The SMILES string of the molecule is CC1(C)OCC(c2ccc(C(=O)c3ccc(I)cc3)cc2)O1.